The Morgan fingerprint density at radius 3 is 2.74 bits per heavy atom. The third kappa shape index (κ3) is 4.14. The zero-order chi connectivity index (χ0) is 16.4. The molecule has 1 atom stereocenters. The number of nitrogens with one attached hydrogen (secondary N) is 1. The van der Waals surface area contributed by atoms with E-state index >= 15 is 0 Å². The first-order valence-electron chi connectivity index (χ1n) is 7.63. The maximum absolute atomic E-state index is 12.2. The molecule has 1 aliphatic carbocycles. The van der Waals surface area contributed by atoms with Crippen LogP contribution in [-0.4, -0.2) is 26.4 Å². The number of amides is 1. The minimum atomic E-state index is -0.0146. The molecule has 0 unspecified atom stereocenters. The zero-order valence-corrected chi connectivity index (χ0v) is 15.5. The van der Waals surface area contributed by atoms with Crippen molar-refractivity contribution in [3.8, 4) is 0 Å². The van der Waals surface area contributed by atoms with Gasteiger partial charge in [0.25, 0.3) is 0 Å². The highest BCUT2D eigenvalue weighted by atomic mass is 79.9. The highest BCUT2D eigenvalue weighted by molar-refractivity contribution is 9.10. The largest absolute Gasteiger partial charge is 0.349 e. The minimum Gasteiger partial charge on any atom is -0.349 e. The van der Waals surface area contributed by atoms with Crippen molar-refractivity contribution in [1.82, 2.24) is 20.1 Å². The van der Waals surface area contributed by atoms with Gasteiger partial charge in [-0.2, -0.15) is 0 Å². The van der Waals surface area contributed by atoms with E-state index in [4.69, 9.17) is 0 Å². The van der Waals surface area contributed by atoms with Gasteiger partial charge in [-0.25, -0.2) is 0 Å². The first-order valence-corrected chi connectivity index (χ1v) is 9.41. The van der Waals surface area contributed by atoms with Gasteiger partial charge in [0.15, 0.2) is 5.16 Å². The first-order chi connectivity index (χ1) is 11.0. The van der Waals surface area contributed by atoms with E-state index in [0.29, 0.717) is 11.8 Å². The van der Waals surface area contributed by atoms with Crippen LogP contribution in [-0.2, 0) is 4.79 Å². The van der Waals surface area contributed by atoms with Crippen molar-refractivity contribution in [2.75, 3.05) is 5.75 Å². The van der Waals surface area contributed by atoms with Crippen molar-refractivity contribution in [3.05, 3.63) is 40.1 Å². The highest BCUT2D eigenvalue weighted by Crippen LogP contribution is 2.38. The number of halogens is 1. The van der Waals surface area contributed by atoms with E-state index in [-0.39, 0.29) is 11.9 Å². The maximum Gasteiger partial charge on any atom is 0.230 e. The number of thioether (sulfide) groups is 1. The summed E-state index contributed by atoms with van der Waals surface area (Å²) in [5, 5.41) is 12.2. The summed E-state index contributed by atoms with van der Waals surface area (Å²) in [6.45, 7) is 3.95. The Morgan fingerprint density at radius 2 is 2.09 bits per heavy atom. The monoisotopic (exact) mass is 394 g/mol. The molecule has 1 saturated carbocycles. The van der Waals surface area contributed by atoms with Gasteiger partial charge in [-0.15, -0.1) is 10.2 Å². The number of aromatic nitrogens is 3. The summed E-state index contributed by atoms with van der Waals surface area (Å²) in [6, 6.07) is 8.49. The van der Waals surface area contributed by atoms with Crippen LogP contribution >= 0.6 is 27.7 Å². The zero-order valence-electron chi connectivity index (χ0n) is 13.1. The fourth-order valence-electron chi connectivity index (χ4n) is 2.45. The van der Waals surface area contributed by atoms with Gasteiger partial charge < -0.3 is 9.88 Å². The van der Waals surface area contributed by atoms with Gasteiger partial charge >= 0.3 is 0 Å². The summed E-state index contributed by atoms with van der Waals surface area (Å²) in [5.41, 5.74) is 1.09. The number of carbonyl (C=O) groups excluding carboxylic acids is 1. The number of carbonyl (C=O) groups is 1. The predicted octanol–water partition coefficient (Wildman–Crippen LogP) is 3.65. The summed E-state index contributed by atoms with van der Waals surface area (Å²) < 4.78 is 3.18. The minimum absolute atomic E-state index is 0.00780. The molecule has 1 aromatic heterocycles. The van der Waals surface area contributed by atoms with Crippen LogP contribution in [0.25, 0.3) is 0 Å². The lowest BCUT2D eigenvalue weighted by Crippen LogP contribution is -2.28. The Hall–Kier alpha value is -1.34. The molecule has 0 radical (unpaired) electrons. The molecule has 5 nitrogen and oxygen atoms in total. The second-order valence-corrected chi connectivity index (χ2v) is 7.62. The van der Waals surface area contributed by atoms with E-state index in [9.17, 15) is 4.79 Å². The Bertz CT molecular complexity index is 697. The van der Waals surface area contributed by atoms with Gasteiger partial charge in [0.1, 0.15) is 5.82 Å². The molecule has 1 amide bonds. The van der Waals surface area contributed by atoms with Crippen molar-refractivity contribution in [1.29, 1.82) is 0 Å². The van der Waals surface area contributed by atoms with Crippen LogP contribution in [0.15, 0.2) is 33.9 Å². The first kappa shape index (κ1) is 16.5. The number of hydrogen-bond acceptors (Lipinski definition) is 4. The summed E-state index contributed by atoms with van der Waals surface area (Å²) in [4.78, 5) is 12.2. The molecule has 122 valence electrons. The van der Waals surface area contributed by atoms with E-state index < -0.39 is 0 Å². The van der Waals surface area contributed by atoms with Crippen LogP contribution in [0.4, 0.5) is 0 Å². The maximum atomic E-state index is 12.2. The Kier molecular flexibility index (Phi) is 5.06. The number of nitrogens with zero attached hydrogens (tertiary/aromatic N) is 3. The van der Waals surface area contributed by atoms with Gasteiger partial charge in [0.05, 0.1) is 11.8 Å². The quantitative estimate of drug-likeness (QED) is 0.759. The van der Waals surface area contributed by atoms with Crippen molar-refractivity contribution < 1.29 is 4.79 Å². The second-order valence-electron chi connectivity index (χ2n) is 5.76. The lowest BCUT2D eigenvalue weighted by Gasteiger charge is -2.14. The molecule has 1 N–H and O–H groups in total. The number of rotatable bonds is 6. The molecule has 1 heterocycles. The molecule has 0 spiro atoms. The SMILES string of the molecule is Cc1nnc(SCC(=O)N[C@H](C)c2ccc(Br)cc2)n1C1CC1. The fraction of sp³-hybridized carbons (Fsp3) is 0.438. The standard InChI is InChI=1S/C16H19BrN4OS/c1-10(12-3-5-13(17)6-4-12)18-15(22)9-23-16-20-19-11(2)21(16)14-7-8-14/h3-6,10,14H,7-9H2,1-2H3,(H,18,22)/t10-/m1/s1. The van der Waals surface area contributed by atoms with Crippen molar-refractivity contribution in [3.63, 3.8) is 0 Å². The molecular weight excluding hydrogens is 376 g/mol. The number of hydrogen-bond donors (Lipinski definition) is 1. The average molecular weight is 395 g/mol. The van der Waals surface area contributed by atoms with E-state index in [2.05, 4.69) is 36.0 Å². The predicted molar refractivity (Wildman–Crippen MR) is 94.5 cm³/mol. The summed E-state index contributed by atoms with van der Waals surface area (Å²) in [7, 11) is 0. The van der Waals surface area contributed by atoms with Crippen molar-refractivity contribution in [2.45, 2.75) is 43.9 Å². The Labute approximate surface area is 148 Å². The molecule has 0 bridgehead atoms. The lowest BCUT2D eigenvalue weighted by atomic mass is 10.1. The van der Waals surface area contributed by atoms with Crippen molar-refractivity contribution in [2.24, 2.45) is 0 Å². The smallest absolute Gasteiger partial charge is 0.230 e. The summed E-state index contributed by atoms with van der Waals surface area (Å²) in [5.74, 6) is 1.29. The average Bonchev–Trinajstić information content (AvgIpc) is 3.29. The van der Waals surface area contributed by atoms with Crippen LogP contribution < -0.4 is 5.32 Å². The second kappa shape index (κ2) is 7.05. The lowest BCUT2D eigenvalue weighted by molar-refractivity contribution is -0.119. The Morgan fingerprint density at radius 1 is 1.39 bits per heavy atom. The molecule has 0 aliphatic heterocycles. The molecule has 3 rings (SSSR count). The van der Waals surface area contributed by atoms with Crippen LogP contribution in [0.5, 0.6) is 0 Å². The van der Waals surface area contributed by atoms with Gasteiger partial charge in [-0.05, 0) is 44.4 Å². The van der Waals surface area contributed by atoms with Gasteiger partial charge in [-0.3, -0.25) is 4.79 Å². The van der Waals surface area contributed by atoms with Crippen molar-refractivity contribution >= 4 is 33.6 Å². The molecule has 0 saturated heterocycles. The van der Waals surface area contributed by atoms with E-state index in [1.54, 1.807) is 0 Å². The number of aryl methyl sites for hydroxylation is 1. The molecule has 1 aliphatic rings. The van der Waals surface area contributed by atoms with E-state index in [0.717, 1.165) is 21.0 Å². The van der Waals surface area contributed by atoms with Gasteiger partial charge in [-0.1, -0.05) is 39.8 Å². The molecule has 7 heteroatoms. The third-order valence-corrected chi connectivity index (χ3v) is 5.30. The normalized spacial score (nSPS) is 15.4. The van der Waals surface area contributed by atoms with Gasteiger partial charge in [0.2, 0.25) is 5.91 Å². The summed E-state index contributed by atoms with van der Waals surface area (Å²) >= 11 is 4.87. The fourth-order valence-corrected chi connectivity index (χ4v) is 3.58. The molecule has 1 fully saturated rings. The summed E-state index contributed by atoms with van der Waals surface area (Å²) in [6.07, 6.45) is 2.36. The van der Waals surface area contributed by atoms with Crippen LogP contribution in [0, 0.1) is 6.92 Å². The van der Waals surface area contributed by atoms with Crippen LogP contribution in [0.1, 0.15) is 43.2 Å². The molecular formula is C16H19BrN4OS. The van der Waals surface area contributed by atoms with E-state index in [1.807, 2.05) is 38.1 Å². The van der Waals surface area contributed by atoms with Crippen LogP contribution in [0.3, 0.4) is 0 Å². The highest BCUT2D eigenvalue weighted by Gasteiger charge is 2.28. The molecule has 1 aromatic carbocycles. The molecule has 23 heavy (non-hydrogen) atoms. The van der Waals surface area contributed by atoms with Crippen LogP contribution in [0.2, 0.25) is 0 Å². The van der Waals surface area contributed by atoms with E-state index in [1.165, 1.54) is 24.6 Å². The van der Waals surface area contributed by atoms with Gasteiger partial charge in [0, 0.05) is 10.5 Å². The third-order valence-electron chi connectivity index (χ3n) is 3.83. The number of benzene rings is 1. The molecule has 2 aromatic rings. The Balaban J connectivity index is 1.54. The topological polar surface area (TPSA) is 59.8 Å².